The molecule has 0 heterocycles. The van der Waals surface area contributed by atoms with E-state index in [1.165, 1.54) is 5.56 Å². The third-order valence-corrected chi connectivity index (χ3v) is 3.80. The summed E-state index contributed by atoms with van der Waals surface area (Å²) in [5.74, 6) is 0. The Morgan fingerprint density at radius 1 is 1.11 bits per heavy atom. The van der Waals surface area contributed by atoms with Gasteiger partial charge in [-0.3, -0.25) is 0 Å². The summed E-state index contributed by atoms with van der Waals surface area (Å²) >= 11 is 12.2. The molecular weight excluding hydrogens is 265 g/mol. The van der Waals surface area contributed by atoms with Crippen molar-refractivity contribution in [3.63, 3.8) is 0 Å². The minimum absolute atomic E-state index is 0.0686. The van der Waals surface area contributed by atoms with Crippen LogP contribution in [0.2, 0.25) is 10.0 Å². The van der Waals surface area contributed by atoms with Crippen molar-refractivity contribution < 1.29 is 0 Å². The van der Waals surface area contributed by atoms with Gasteiger partial charge >= 0.3 is 0 Å². The lowest BCUT2D eigenvalue weighted by Crippen LogP contribution is -2.13. The number of hydrogen-bond acceptors (Lipinski definition) is 1. The highest BCUT2D eigenvalue weighted by Crippen LogP contribution is 2.28. The fourth-order valence-corrected chi connectivity index (χ4v) is 2.36. The highest BCUT2D eigenvalue weighted by molar-refractivity contribution is 6.42. The number of rotatable bonds is 3. The van der Waals surface area contributed by atoms with Crippen molar-refractivity contribution in [2.45, 2.75) is 19.4 Å². The van der Waals surface area contributed by atoms with E-state index in [-0.39, 0.29) is 6.04 Å². The summed E-state index contributed by atoms with van der Waals surface area (Å²) in [6.45, 7) is 2.06. The predicted octanol–water partition coefficient (Wildman–Crippen LogP) is 4.54. The van der Waals surface area contributed by atoms with E-state index in [1.807, 2.05) is 24.3 Å². The van der Waals surface area contributed by atoms with Gasteiger partial charge in [0, 0.05) is 6.04 Å². The largest absolute Gasteiger partial charge is 0.324 e. The van der Waals surface area contributed by atoms with Gasteiger partial charge in [0.1, 0.15) is 0 Å². The van der Waals surface area contributed by atoms with Crippen LogP contribution < -0.4 is 5.73 Å². The average molecular weight is 280 g/mol. The molecule has 0 spiro atoms. The first-order chi connectivity index (χ1) is 8.58. The van der Waals surface area contributed by atoms with E-state index >= 15 is 0 Å². The van der Waals surface area contributed by atoms with Crippen LogP contribution >= 0.6 is 23.2 Å². The first-order valence-corrected chi connectivity index (χ1v) is 6.58. The summed E-state index contributed by atoms with van der Waals surface area (Å²) in [7, 11) is 0. The van der Waals surface area contributed by atoms with Gasteiger partial charge in [0.2, 0.25) is 0 Å². The molecule has 1 unspecified atom stereocenters. The zero-order valence-electron chi connectivity index (χ0n) is 10.2. The molecule has 0 saturated heterocycles. The third kappa shape index (κ3) is 3.05. The van der Waals surface area contributed by atoms with E-state index < -0.39 is 0 Å². The van der Waals surface area contributed by atoms with Gasteiger partial charge in [-0.1, -0.05) is 65.2 Å². The molecule has 0 bridgehead atoms. The van der Waals surface area contributed by atoms with Crippen molar-refractivity contribution in [1.29, 1.82) is 0 Å². The molecule has 0 aliphatic heterocycles. The van der Waals surface area contributed by atoms with Gasteiger partial charge in [0.05, 0.1) is 10.0 Å². The van der Waals surface area contributed by atoms with E-state index in [9.17, 15) is 0 Å². The van der Waals surface area contributed by atoms with Crippen LogP contribution in [-0.4, -0.2) is 0 Å². The first-order valence-electron chi connectivity index (χ1n) is 5.83. The molecule has 3 heteroatoms. The SMILES string of the molecule is Cc1cccc(C(N)Cc2cccc(Cl)c2Cl)c1. The van der Waals surface area contributed by atoms with Crippen molar-refractivity contribution in [2.24, 2.45) is 5.73 Å². The zero-order valence-corrected chi connectivity index (χ0v) is 11.7. The monoisotopic (exact) mass is 279 g/mol. The fraction of sp³-hybridized carbons (Fsp3) is 0.200. The van der Waals surface area contributed by atoms with Crippen LogP contribution in [0.4, 0.5) is 0 Å². The van der Waals surface area contributed by atoms with Crippen molar-refractivity contribution in [1.82, 2.24) is 0 Å². The summed E-state index contributed by atoms with van der Waals surface area (Å²) < 4.78 is 0. The van der Waals surface area contributed by atoms with E-state index in [1.54, 1.807) is 6.07 Å². The second kappa shape index (κ2) is 5.75. The molecule has 0 amide bonds. The molecule has 0 aliphatic rings. The van der Waals surface area contributed by atoms with Crippen molar-refractivity contribution in [3.05, 3.63) is 69.2 Å². The molecule has 94 valence electrons. The number of aryl methyl sites for hydroxylation is 1. The summed E-state index contributed by atoms with van der Waals surface area (Å²) in [4.78, 5) is 0. The molecule has 2 rings (SSSR count). The van der Waals surface area contributed by atoms with E-state index in [0.29, 0.717) is 16.5 Å². The Labute approximate surface area is 118 Å². The quantitative estimate of drug-likeness (QED) is 0.877. The van der Waals surface area contributed by atoms with Gasteiger partial charge < -0.3 is 5.73 Å². The van der Waals surface area contributed by atoms with E-state index in [4.69, 9.17) is 28.9 Å². The Morgan fingerprint density at radius 2 is 1.83 bits per heavy atom. The number of nitrogens with two attached hydrogens (primary N) is 1. The number of benzene rings is 2. The Morgan fingerprint density at radius 3 is 2.56 bits per heavy atom. The molecule has 0 saturated carbocycles. The van der Waals surface area contributed by atoms with Gasteiger partial charge in [0.15, 0.2) is 0 Å². The second-order valence-corrected chi connectivity index (χ2v) is 5.22. The van der Waals surface area contributed by atoms with Crippen molar-refractivity contribution in [2.75, 3.05) is 0 Å². The highest BCUT2D eigenvalue weighted by atomic mass is 35.5. The van der Waals surface area contributed by atoms with Gasteiger partial charge in [-0.15, -0.1) is 0 Å². The minimum Gasteiger partial charge on any atom is -0.324 e. The lowest BCUT2D eigenvalue weighted by Gasteiger charge is -2.14. The zero-order chi connectivity index (χ0) is 13.1. The summed E-state index contributed by atoms with van der Waals surface area (Å²) in [6.07, 6.45) is 0.683. The molecule has 0 radical (unpaired) electrons. The predicted molar refractivity (Wildman–Crippen MR) is 78.3 cm³/mol. The van der Waals surface area contributed by atoms with Crippen LogP contribution in [0.15, 0.2) is 42.5 Å². The molecule has 0 fully saturated rings. The van der Waals surface area contributed by atoms with Crippen LogP contribution in [0.1, 0.15) is 22.7 Å². The molecule has 2 N–H and O–H groups in total. The maximum atomic E-state index is 6.21. The Hall–Kier alpha value is -1.02. The topological polar surface area (TPSA) is 26.0 Å². The van der Waals surface area contributed by atoms with Crippen molar-refractivity contribution in [3.8, 4) is 0 Å². The highest BCUT2D eigenvalue weighted by Gasteiger charge is 2.11. The molecule has 1 atom stereocenters. The number of hydrogen-bond donors (Lipinski definition) is 1. The second-order valence-electron chi connectivity index (χ2n) is 4.44. The maximum Gasteiger partial charge on any atom is 0.0624 e. The molecular formula is C15H15Cl2N. The van der Waals surface area contributed by atoms with Gasteiger partial charge in [-0.25, -0.2) is 0 Å². The van der Waals surface area contributed by atoms with E-state index in [2.05, 4.69) is 19.1 Å². The van der Waals surface area contributed by atoms with Crippen LogP contribution in [0, 0.1) is 6.92 Å². The maximum absolute atomic E-state index is 6.21. The summed E-state index contributed by atoms with van der Waals surface area (Å²) in [5.41, 5.74) is 9.52. The van der Waals surface area contributed by atoms with E-state index in [0.717, 1.165) is 11.1 Å². The van der Waals surface area contributed by atoms with Gasteiger partial charge in [-0.2, -0.15) is 0 Å². The summed E-state index contributed by atoms with van der Waals surface area (Å²) in [5, 5.41) is 1.17. The number of halogens is 2. The lowest BCUT2D eigenvalue weighted by atomic mass is 9.98. The van der Waals surface area contributed by atoms with Crippen molar-refractivity contribution >= 4 is 23.2 Å². The minimum atomic E-state index is -0.0686. The Bertz CT molecular complexity index is 552. The third-order valence-electron chi connectivity index (χ3n) is 2.94. The van der Waals surface area contributed by atoms with Crippen LogP contribution in [0.5, 0.6) is 0 Å². The Balaban J connectivity index is 2.21. The lowest BCUT2D eigenvalue weighted by molar-refractivity contribution is 0.721. The molecule has 18 heavy (non-hydrogen) atoms. The standard InChI is InChI=1S/C15H15Cl2N/c1-10-4-2-5-11(8-10)14(18)9-12-6-3-7-13(16)15(12)17/h2-8,14H,9,18H2,1H3. The van der Waals surface area contributed by atoms with Crippen LogP contribution in [0.25, 0.3) is 0 Å². The van der Waals surface area contributed by atoms with Crippen LogP contribution in [0.3, 0.4) is 0 Å². The van der Waals surface area contributed by atoms with Crippen LogP contribution in [-0.2, 0) is 6.42 Å². The Kier molecular flexibility index (Phi) is 4.28. The molecule has 0 aromatic heterocycles. The molecule has 0 aliphatic carbocycles. The summed E-state index contributed by atoms with van der Waals surface area (Å²) in [6, 6.07) is 13.8. The van der Waals surface area contributed by atoms with Gasteiger partial charge in [-0.05, 0) is 30.5 Å². The molecule has 2 aromatic carbocycles. The normalized spacial score (nSPS) is 12.4. The molecule has 2 aromatic rings. The smallest absolute Gasteiger partial charge is 0.0624 e. The average Bonchev–Trinajstić information content (AvgIpc) is 2.35. The van der Waals surface area contributed by atoms with Gasteiger partial charge in [0.25, 0.3) is 0 Å². The molecule has 1 nitrogen and oxygen atoms in total. The first kappa shape index (κ1) is 13.4. The fourth-order valence-electron chi connectivity index (χ4n) is 1.96.